The van der Waals surface area contributed by atoms with E-state index < -0.39 is 36.2 Å². The molecule has 40 heavy (non-hydrogen) atoms. The number of hydrogen-bond acceptors (Lipinski definition) is 5. The van der Waals surface area contributed by atoms with Crippen LogP contribution in [0.2, 0.25) is 0 Å². The van der Waals surface area contributed by atoms with E-state index in [0.29, 0.717) is 0 Å². The molecule has 2 aliphatic carbocycles. The molecule has 0 aromatic heterocycles. The summed E-state index contributed by atoms with van der Waals surface area (Å²) in [6, 6.07) is 23.4. The molecule has 3 aromatic carbocycles. The second-order valence-electron chi connectivity index (χ2n) is 10.5. The first-order valence-electron chi connectivity index (χ1n) is 13.7. The van der Waals surface area contributed by atoms with Gasteiger partial charge in [0.25, 0.3) is 0 Å². The molecule has 8 nitrogen and oxygen atoms in total. The van der Waals surface area contributed by atoms with E-state index in [1.54, 1.807) is 6.92 Å². The molecule has 0 radical (unpaired) electrons. The zero-order valence-electron chi connectivity index (χ0n) is 22.4. The number of benzene rings is 3. The molecule has 0 heterocycles. The van der Waals surface area contributed by atoms with Gasteiger partial charge < -0.3 is 25.2 Å². The van der Waals surface area contributed by atoms with Gasteiger partial charge in [-0.1, -0.05) is 85.3 Å². The van der Waals surface area contributed by atoms with E-state index in [-0.39, 0.29) is 25.0 Å². The SMILES string of the molecule is C[C@H](OCc1ccccc1)[C@@H](NC(=O)OCC1c2ccccc2-c2ccccc21)C(=O)NC(C(=O)O)C1CCC1. The summed E-state index contributed by atoms with van der Waals surface area (Å²) in [6.07, 6.45) is 0.885. The van der Waals surface area contributed by atoms with Gasteiger partial charge in [0.1, 0.15) is 18.7 Å². The molecule has 1 unspecified atom stereocenters. The maximum absolute atomic E-state index is 13.4. The van der Waals surface area contributed by atoms with Crippen LogP contribution in [0, 0.1) is 5.92 Å². The molecule has 0 spiro atoms. The van der Waals surface area contributed by atoms with Crippen molar-refractivity contribution < 1.29 is 29.0 Å². The van der Waals surface area contributed by atoms with Crippen LogP contribution in [0.1, 0.15) is 48.8 Å². The third kappa shape index (κ3) is 6.02. The number of carbonyl (C=O) groups excluding carboxylic acids is 2. The fourth-order valence-corrected chi connectivity index (χ4v) is 5.46. The van der Waals surface area contributed by atoms with Crippen LogP contribution in [0.3, 0.4) is 0 Å². The first-order chi connectivity index (χ1) is 19.4. The van der Waals surface area contributed by atoms with E-state index in [4.69, 9.17) is 9.47 Å². The highest BCUT2D eigenvalue weighted by Gasteiger charge is 2.37. The molecule has 1 saturated carbocycles. The Bertz CT molecular complexity index is 1310. The minimum atomic E-state index is -1.15. The maximum Gasteiger partial charge on any atom is 0.407 e. The van der Waals surface area contributed by atoms with Gasteiger partial charge in [0.15, 0.2) is 0 Å². The zero-order chi connectivity index (χ0) is 28.1. The molecule has 2 amide bonds. The van der Waals surface area contributed by atoms with Crippen LogP contribution in [-0.2, 0) is 25.7 Å². The van der Waals surface area contributed by atoms with Gasteiger partial charge in [-0.2, -0.15) is 0 Å². The molecule has 8 heteroatoms. The third-order valence-electron chi connectivity index (χ3n) is 7.91. The van der Waals surface area contributed by atoms with Crippen molar-refractivity contribution in [2.45, 2.75) is 56.9 Å². The summed E-state index contributed by atoms with van der Waals surface area (Å²) < 4.78 is 11.6. The van der Waals surface area contributed by atoms with Crippen LogP contribution < -0.4 is 10.6 Å². The Morgan fingerprint density at radius 2 is 1.48 bits per heavy atom. The Kier molecular flexibility index (Phi) is 8.45. The van der Waals surface area contributed by atoms with E-state index >= 15 is 0 Å². The number of carbonyl (C=O) groups is 3. The molecule has 0 bridgehead atoms. The summed E-state index contributed by atoms with van der Waals surface area (Å²) in [7, 11) is 0. The molecule has 2 aliphatic rings. The van der Waals surface area contributed by atoms with Gasteiger partial charge in [0.2, 0.25) is 5.91 Å². The van der Waals surface area contributed by atoms with E-state index in [1.807, 2.05) is 66.7 Å². The van der Waals surface area contributed by atoms with Gasteiger partial charge >= 0.3 is 12.1 Å². The summed E-state index contributed by atoms with van der Waals surface area (Å²) >= 11 is 0. The Morgan fingerprint density at radius 3 is 2.05 bits per heavy atom. The lowest BCUT2D eigenvalue weighted by Gasteiger charge is -2.33. The second kappa shape index (κ2) is 12.3. The number of fused-ring (bicyclic) bond motifs is 3. The number of carboxylic acids is 1. The average Bonchev–Trinajstić information content (AvgIpc) is 3.26. The number of rotatable bonds is 11. The summed E-state index contributed by atoms with van der Waals surface area (Å²) in [5, 5.41) is 15.0. The lowest BCUT2D eigenvalue weighted by molar-refractivity contribution is -0.145. The third-order valence-corrected chi connectivity index (χ3v) is 7.91. The Hall–Kier alpha value is -4.17. The highest BCUT2D eigenvalue weighted by molar-refractivity contribution is 5.90. The number of nitrogens with one attached hydrogen (secondary N) is 2. The van der Waals surface area contributed by atoms with E-state index in [9.17, 15) is 19.5 Å². The molecule has 0 saturated heterocycles. The summed E-state index contributed by atoms with van der Waals surface area (Å²) in [5.74, 6) is -1.96. The second-order valence-corrected chi connectivity index (χ2v) is 10.5. The van der Waals surface area contributed by atoms with E-state index in [1.165, 1.54) is 0 Å². The minimum Gasteiger partial charge on any atom is -0.480 e. The summed E-state index contributed by atoms with van der Waals surface area (Å²) in [5.41, 5.74) is 5.30. The molecule has 0 aliphatic heterocycles. The molecular weight excluding hydrogens is 508 g/mol. The quantitative estimate of drug-likeness (QED) is 0.319. The maximum atomic E-state index is 13.4. The Balaban J connectivity index is 1.27. The number of alkyl carbamates (subject to hydrolysis) is 1. The van der Waals surface area contributed by atoms with Gasteiger partial charge in [-0.05, 0) is 53.5 Å². The van der Waals surface area contributed by atoms with E-state index in [0.717, 1.165) is 47.1 Å². The lowest BCUT2D eigenvalue weighted by Crippen LogP contribution is -2.58. The minimum absolute atomic E-state index is 0.0906. The van der Waals surface area contributed by atoms with Crippen molar-refractivity contribution in [2.75, 3.05) is 6.61 Å². The molecular formula is C32H34N2O6. The van der Waals surface area contributed by atoms with Crippen LogP contribution in [0.4, 0.5) is 4.79 Å². The number of ether oxygens (including phenoxy) is 2. The first kappa shape index (κ1) is 27.4. The predicted molar refractivity (Wildman–Crippen MR) is 150 cm³/mol. The summed E-state index contributed by atoms with van der Waals surface area (Å²) in [6.45, 7) is 1.99. The molecule has 3 atom stereocenters. The van der Waals surface area contributed by atoms with E-state index in [2.05, 4.69) is 22.8 Å². The highest BCUT2D eigenvalue weighted by atomic mass is 16.5. The highest BCUT2D eigenvalue weighted by Crippen LogP contribution is 2.44. The zero-order valence-corrected chi connectivity index (χ0v) is 22.4. The van der Waals surface area contributed by atoms with Crippen molar-refractivity contribution in [1.29, 1.82) is 0 Å². The molecule has 3 aromatic rings. The largest absolute Gasteiger partial charge is 0.480 e. The first-order valence-corrected chi connectivity index (χ1v) is 13.7. The van der Waals surface area contributed by atoms with Crippen molar-refractivity contribution in [3.63, 3.8) is 0 Å². The van der Waals surface area contributed by atoms with Gasteiger partial charge in [0, 0.05) is 5.92 Å². The molecule has 208 valence electrons. The fourth-order valence-electron chi connectivity index (χ4n) is 5.46. The Morgan fingerprint density at radius 1 is 0.875 bits per heavy atom. The van der Waals surface area contributed by atoms with Crippen molar-refractivity contribution in [1.82, 2.24) is 10.6 Å². The average molecular weight is 543 g/mol. The van der Waals surface area contributed by atoms with Crippen molar-refractivity contribution >= 4 is 18.0 Å². The van der Waals surface area contributed by atoms with Crippen LogP contribution in [0.5, 0.6) is 0 Å². The Labute approximate surface area is 233 Å². The van der Waals surface area contributed by atoms with Crippen LogP contribution in [0.15, 0.2) is 78.9 Å². The van der Waals surface area contributed by atoms with Gasteiger partial charge in [-0.25, -0.2) is 9.59 Å². The standard InChI is InChI=1S/C32H34N2O6/c1-20(39-18-21-10-3-2-4-11-21)28(30(35)33-29(31(36)37)22-12-9-13-22)34-32(38)40-19-27-25-16-7-5-14-23(25)24-15-6-8-17-26(24)27/h2-8,10-11,14-17,20,22,27-29H,9,12-13,18-19H2,1H3,(H,33,35)(H,34,38)(H,36,37)/t20-,28+,29?/m0/s1. The predicted octanol–water partition coefficient (Wildman–Crippen LogP) is 4.87. The van der Waals surface area contributed by atoms with Gasteiger partial charge in [-0.3, -0.25) is 4.79 Å². The van der Waals surface area contributed by atoms with Crippen molar-refractivity contribution in [3.05, 3.63) is 95.6 Å². The van der Waals surface area contributed by atoms with Crippen LogP contribution in [-0.4, -0.2) is 47.9 Å². The van der Waals surface area contributed by atoms with Crippen LogP contribution >= 0.6 is 0 Å². The normalized spacial score (nSPS) is 16.5. The van der Waals surface area contributed by atoms with Crippen molar-refractivity contribution in [3.8, 4) is 11.1 Å². The number of hydrogen-bond donors (Lipinski definition) is 3. The smallest absolute Gasteiger partial charge is 0.407 e. The molecule has 1 fully saturated rings. The summed E-state index contributed by atoms with van der Waals surface area (Å²) in [4.78, 5) is 38.3. The number of carboxylic acid groups (broad SMARTS) is 1. The topological polar surface area (TPSA) is 114 Å². The monoisotopic (exact) mass is 542 g/mol. The van der Waals surface area contributed by atoms with Crippen LogP contribution in [0.25, 0.3) is 11.1 Å². The number of amides is 2. The van der Waals surface area contributed by atoms with Gasteiger partial charge in [-0.15, -0.1) is 0 Å². The fraction of sp³-hybridized carbons (Fsp3) is 0.344. The number of aliphatic carboxylic acids is 1. The molecule has 3 N–H and O–H groups in total. The van der Waals surface area contributed by atoms with Crippen molar-refractivity contribution in [2.24, 2.45) is 5.92 Å². The lowest BCUT2D eigenvalue weighted by atomic mass is 9.79. The van der Waals surface area contributed by atoms with Gasteiger partial charge in [0.05, 0.1) is 12.7 Å². The molecule has 5 rings (SSSR count).